The number of rotatable bonds is 0. The van der Waals surface area contributed by atoms with Crippen molar-refractivity contribution in [2.24, 2.45) is 0 Å². The highest BCUT2D eigenvalue weighted by Gasteiger charge is 2.13. The molecule has 0 nitrogen and oxygen atoms in total. The van der Waals surface area contributed by atoms with Crippen LogP contribution in [-0.4, -0.2) is 0 Å². The van der Waals surface area contributed by atoms with Crippen molar-refractivity contribution < 1.29 is 0 Å². The molecular weight excluding hydrogens is 164 g/mol. The van der Waals surface area contributed by atoms with Crippen molar-refractivity contribution in [2.75, 3.05) is 0 Å². The molecule has 0 spiro atoms. The van der Waals surface area contributed by atoms with Gasteiger partial charge in [-0.1, -0.05) is 45.5 Å². The van der Waals surface area contributed by atoms with E-state index < -0.39 is 0 Å². The summed E-state index contributed by atoms with van der Waals surface area (Å²) in [6, 6.07) is 6.36. The second-order valence-corrected chi connectivity index (χ2v) is 4.67. The van der Waals surface area contributed by atoms with Gasteiger partial charge in [-0.05, 0) is 29.5 Å². The monoisotopic (exact) mass is 179 g/mol. The van der Waals surface area contributed by atoms with Gasteiger partial charge in [-0.2, -0.15) is 0 Å². The molecule has 1 heteroatoms. The van der Waals surface area contributed by atoms with Crippen molar-refractivity contribution in [3.63, 3.8) is 0 Å². The quantitative estimate of drug-likeness (QED) is 0.567. The first-order chi connectivity index (χ1) is 5.41. The fraction of sp³-hybridized carbons (Fsp3) is 0.455. The molecule has 0 aliphatic rings. The normalized spacial score (nSPS) is 11.7. The van der Waals surface area contributed by atoms with Crippen molar-refractivity contribution in [2.45, 2.75) is 38.0 Å². The van der Waals surface area contributed by atoms with Gasteiger partial charge in [0, 0.05) is 4.90 Å². The first-order valence-corrected chi connectivity index (χ1v) is 4.60. The van der Waals surface area contributed by atoms with Crippen molar-refractivity contribution in [1.29, 1.82) is 0 Å². The van der Waals surface area contributed by atoms with Gasteiger partial charge in [-0.15, -0.1) is 0 Å². The standard InChI is InChI=1S/C11H15S/c1-8-5-6-9(7-10(8)12)11(2,3)4/h5-7H,1-4H3. The van der Waals surface area contributed by atoms with Crippen LogP contribution in [0.4, 0.5) is 0 Å². The predicted molar refractivity (Wildman–Crippen MR) is 55.7 cm³/mol. The molecule has 12 heavy (non-hydrogen) atoms. The molecule has 0 amide bonds. The van der Waals surface area contributed by atoms with Gasteiger partial charge >= 0.3 is 0 Å². The Balaban J connectivity index is 3.14. The summed E-state index contributed by atoms with van der Waals surface area (Å²) in [4.78, 5) is 0.974. The van der Waals surface area contributed by atoms with Crippen molar-refractivity contribution in [3.8, 4) is 0 Å². The Labute approximate surface area is 80.4 Å². The van der Waals surface area contributed by atoms with Crippen LogP contribution in [0.2, 0.25) is 0 Å². The molecule has 0 heterocycles. The summed E-state index contributed by atoms with van der Waals surface area (Å²) < 4.78 is 0. The maximum atomic E-state index is 5.21. The van der Waals surface area contributed by atoms with Crippen molar-refractivity contribution in [1.82, 2.24) is 0 Å². The summed E-state index contributed by atoms with van der Waals surface area (Å²) in [6.07, 6.45) is 0. The van der Waals surface area contributed by atoms with Gasteiger partial charge in [-0.25, -0.2) is 0 Å². The van der Waals surface area contributed by atoms with Gasteiger partial charge in [-0.3, -0.25) is 0 Å². The van der Waals surface area contributed by atoms with Gasteiger partial charge in [0.05, 0.1) is 0 Å². The van der Waals surface area contributed by atoms with E-state index in [1.165, 1.54) is 11.1 Å². The second-order valence-electron chi connectivity index (χ2n) is 4.23. The van der Waals surface area contributed by atoms with Gasteiger partial charge in [0.15, 0.2) is 0 Å². The highest BCUT2D eigenvalue weighted by atomic mass is 32.1. The Morgan fingerprint density at radius 3 is 2.17 bits per heavy atom. The molecule has 0 unspecified atom stereocenters. The Hall–Kier alpha value is -0.560. The average molecular weight is 179 g/mol. The molecule has 0 aliphatic carbocycles. The number of hydrogen-bond acceptors (Lipinski definition) is 0. The Morgan fingerprint density at radius 2 is 1.75 bits per heavy atom. The Bertz CT molecular complexity index is 282. The summed E-state index contributed by atoms with van der Waals surface area (Å²) in [5, 5.41) is 0. The minimum absolute atomic E-state index is 0.210. The molecule has 0 bridgehead atoms. The third-order valence-electron chi connectivity index (χ3n) is 2.05. The summed E-state index contributed by atoms with van der Waals surface area (Å²) in [5.74, 6) is 0. The average Bonchev–Trinajstić information content (AvgIpc) is 1.92. The number of benzene rings is 1. The van der Waals surface area contributed by atoms with Crippen LogP contribution >= 0.6 is 12.6 Å². The van der Waals surface area contributed by atoms with Crippen LogP contribution in [0.5, 0.6) is 0 Å². The smallest absolute Gasteiger partial charge is 0.0409 e. The minimum atomic E-state index is 0.210. The van der Waals surface area contributed by atoms with E-state index in [0.717, 1.165) is 4.90 Å². The van der Waals surface area contributed by atoms with Gasteiger partial charge in [0.1, 0.15) is 0 Å². The zero-order valence-electron chi connectivity index (χ0n) is 8.14. The zero-order valence-corrected chi connectivity index (χ0v) is 8.96. The molecule has 1 aromatic carbocycles. The molecule has 0 aliphatic heterocycles. The molecule has 0 saturated carbocycles. The first-order valence-electron chi connectivity index (χ1n) is 4.19. The summed E-state index contributed by atoms with van der Waals surface area (Å²) >= 11 is 5.21. The van der Waals surface area contributed by atoms with E-state index in [4.69, 9.17) is 12.6 Å². The lowest BCUT2D eigenvalue weighted by atomic mass is 9.87. The molecule has 1 aromatic rings. The third kappa shape index (κ3) is 1.98. The van der Waals surface area contributed by atoms with Crippen molar-refractivity contribution >= 4 is 12.6 Å². The number of aryl methyl sites for hydroxylation is 1. The third-order valence-corrected chi connectivity index (χ3v) is 2.49. The van der Waals surface area contributed by atoms with Gasteiger partial charge in [0.25, 0.3) is 0 Å². The molecular formula is C11H15S. The van der Waals surface area contributed by atoms with Crippen LogP contribution in [0.1, 0.15) is 31.9 Å². The highest BCUT2D eigenvalue weighted by molar-refractivity contribution is 7.80. The molecule has 0 N–H and O–H groups in total. The van der Waals surface area contributed by atoms with Crippen molar-refractivity contribution in [3.05, 3.63) is 29.3 Å². The van der Waals surface area contributed by atoms with E-state index in [-0.39, 0.29) is 5.41 Å². The molecule has 0 aromatic heterocycles. The highest BCUT2D eigenvalue weighted by Crippen LogP contribution is 2.25. The van der Waals surface area contributed by atoms with Gasteiger partial charge in [0.2, 0.25) is 0 Å². The maximum absolute atomic E-state index is 5.21. The van der Waals surface area contributed by atoms with E-state index in [0.29, 0.717) is 0 Å². The van der Waals surface area contributed by atoms with Crippen LogP contribution in [0.25, 0.3) is 0 Å². The maximum Gasteiger partial charge on any atom is 0.0409 e. The molecule has 1 radical (unpaired) electrons. The van der Waals surface area contributed by atoms with E-state index in [9.17, 15) is 0 Å². The largest absolute Gasteiger partial charge is 0.0798 e. The van der Waals surface area contributed by atoms with E-state index in [2.05, 4.69) is 45.9 Å². The summed E-state index contributed by atoms with van der Waals surface area (Å²) in [7, 11) is 0. The SMILES string of the molecule is Cc1ccc(C(C)(C)C)cc1[S]. The van der Waals surface area contributed by atoms with E-state index in [1.807, 2.05) is 0 Å². The summed E-state index contributed by atoms with van der Waals surface area (Å²) in [5.41, 5.74) is 2.72. The van der Waals surface area contributed by atoms with Crippen LogP contribution in [0.15, 0.2) is 23.1 Å². The second kappa shape index (κ2) is 3.06. The van der Waals surface area contributed by atoms with E-state index >= 15 is 0 Å². The van der Waals surface area contributed by atoms with Crippen LogP contribution in [-0.2, 0) is 5.41 Å². The zero-order chi connectivity index (χ0) is 9.35. The van der Waals surface area contributed by atoms with Crippen LogP contribution < -0.4 is 0 Å². The number of hydrogen-bond donors (Lipinski definition) is 0. The fourth-order valence-corrected chi connectivity index (χ4v) is 1.26. The van der Waals surface area contributed by atoms with Crippen LogP contribution in [0, 0.1) is 6.92 Å². The topological polar surface area (TPSA) is 0 Å². The lowest BCUT2D eigenvalue weighted by Crippen LogP contribution is -2.10. The molecule has 0 saturated heterocycles. The first kappa shape index (κ1) is 9.53. The molecule has 0 fully saturated rings. The Morgan fingerprint density at radius 1 is 1.17 bits per heavy atom. The molecule has 0 atom stereocenters. The lowest BCUT2D eigenvalue weighted by molar-refractivity contribution is 0.588. The van der Waals surface area contributed by atoms with Gasteiger partial charge < -0.3 is 0 Å². The summed E-state index contributed by atoms with van der Waals surface area (Å²) in [6.45, 7) is 8.65. The lowest BCUT2D eigenvalue weighted by Gasteiger charge is -2.19. The molecule has 65 valence electrons. The fourth-order valence-electron chi connectivity index (χ4n) is 1.07. The molecule has 1 rings (SSSR count). The minimum Gasteiger partial charge on any atom is -0.0798 e. The predicted octanol–water partition coefficient (Wildman–Crippen LogP) is 3.85. The van der Waals surface area contributed by atoms with Crippen LogP contribution in [0.3, 0.4) is 0 Å². The van der Waals surface area contributed by atoms with E-state index in [1.54, 1.807) is 0 Å². The Kier molecular flexibility index (Phi) is 2.43.